The summed E-state index contributed by atoms with van der Waals surface area (Å²) in [6.45, 7) is 0.290. The number of carbonyl (C=O) groups excluding carboxylic acids is 8. The zero-order valence-corrected chi connectivity index (χ0v) is 38.3. The lowest BCUT2D eigenvalue weighted by Gasteiger charge is -2.32. The van der Waals surface area contributed by atoms with Gasteiger partial charge in [0.25, 0.3) is 17.7 Å². The molecule has 4 aromatic rings. The van der Waals surface area contributed by atoms with Crippen LogP contribution in [0, 0.1) is 0 Å². The Hall–Kier alpha value is -7.72. The van der Waals surface area contributed by atoms with Gasteiger partial charge in [-0.3, -0.25) is 43.2 Å². The molecular weight excluding hydrogens is 916 g/mol. The number of carbonyl (C=O) groups is 9. The fraction of sp³-hybridized carbons (Fsp3) is 0.298. The lowest BCUT2D eigenvalue weighted by molar-refractivity contribution is -0.146. The van der Waals surface area contributed by atoms with Crippen molar-refractivity contribution in [1.29, 1.82) is 0 Å². The number of nitrogens with one attached hydrogen (secondary N) is 4. The van der Waals surface area contributed by atoms with E-state index in [4.69, 9.17) is 34.5 Å². The van der Waals surface area contributed by atoms with Gasteiger partial charge in [0.1, 0.15) is 29.9 Å². The van der Waals surface area contributed by atoms with Gasteiger partial charge >= 0.3 is 5.97 Å². The molecule has 0 saturated carbocycles. The van der Waals surface area contributed by atoms with Crippen LogP contribution < -0.4 is 44.2 Å². The number of rotatable bonds is 17. The summed E-state index contributed by atoms with van der Waals surface area (Å²) in [5.74, 6) is -8.61. The van der Waals surface area contributed by atoms with Crippen LogP contribution in [0.5, 0.6) is 5.75 Å². The Labute approximate surface area is 400 Å². The minimum Gasteiger partial charge on any atom is -0.507 e. The van der Waals surface area contributed by atoms with Crippen LogP contribution in [0.1, 0.15) is 63.6 Å². The van der Waals surface area contributed by atoms with E-state index in [2.05, 4.69) is 21.3 Å². The number of hydrogen-bond donors (Lipinski definition) is 10. The maximum atomic E-state index is 14.6. The third kappa shape index (κ3) is 13.0. The number of amides is 7. The van der Waals surface area contributed by atoms with Gasteiger partial charge in [0.15, 0.2) is 18.6 Å². The number of fused-ring (bicyclic) bond motifs is 5. The molecule has 1 heterocycles. The predicted molar refractivity (Wildman–Crippen MR) is 251 cm³/mol. The van der Waals surface area contributed by atoms with Crippen molar-refractivity contribution in [1.82, 2.24) is 31.1 Å². The van der Waals surface area contributed by atoms with E-state index in [9.17, 15) is 53.4 Å². The number of aldehydes is 1. The highest BCUT2D eigenvalue weighted by Gasteiger charge is 2.37. The van der Waals surface area contributed by atoms with Gasteiger partial charge in [-0.25, -0.2) is 0 Å². The third-order valence-corrected chi connectivity index (χ3v) is 11.7. The van der Waals surface area contributed by atoms with E-state index < -0.39 is 90.2 Å². The van der Waals surface area contributed by atoms with Gasteiger partial charge in [-0.15, -0.1) is 0 Å². The van der Waals surface area contributed by atoms with Gasteiger partial charge in [0.05, 0.1) is 6.42 Å². The number of nitrogens with two attached hydrogens (primary N) is 4. The van der Waals surface area contributed by atoms with Gasteiger partial charge in [0, 0.05) is 42.2 Å². The highest BCUT2D eigenvalue weighted by Crippen LogP contribution is 2.36. The molecule has 0 aromatic heterocycles. The van der Waals surface area contributed by atoms with E-state index in [0.717, 1.165) is 23.1 Å². The second-order valence-corrected chi connectivity index (χ2v) is 16.7. The molecule has 0 saturated heterocycles. The topological polar surface area (TPSA) is 353 Å². The highest BCUT2D eigenvalue weighted by molar-refractivity contribution is 6.30. The Morgan fingerprint density at radius 3 is 2.12 bits per heavy atom. The van der Waals surface area contributed by atoms with E-state index in [0.29, 0.717) is 35.6 Å². The van der Waals surface area contributed by atoms with Crippen LogP contribution in [-0.4, -0.2) is 125 Å². The molecule has 1 aliphatic rings. The summed E-state index contributed by atoms with van der Waals surface area (Å²) in [5.41, 5.74) is 25.8. The maximum Gasteiger partial charge on any atom is 0.305 e. The van der Waals surface area contributed by atoms with Gasteiger partial charge in [-0.1, -0.05) is 54.1 Å². The number of hydrogen-bond acceptors (Lipinski definition) is 13. The Morgan fingerprint density at radius 1 is 0.855 bits per heavy atom. The fourth-order valence-corrected chi connectivity index (χ4v) is 7.79. The molecule has 0 fully saturated rings. The number of phenols is 1. The quantitative estimate of drug-likeness (QED) is 0.0386. The normalized spacial score (nSPS) is 17.0. The molecule has 69 heavy (non-hydrogen) atoms. The number of nitrogens with zero attached hydrogens (tertiary/aromatic N) is 2. The summed E-state index contributed by atoms with van der Waals surface area (Å²) in [5, 5.41) is 30.8. The molecule has 7 amide bonds. The molecule has 5 rings (SSSR count). The summed E-state index contributed by atoms with van der Waals surface area (Å²) in [4.78, 5) is 121. The first-order chi connectivity index (χ1) is 32.7. The summed E-state index contributed by atoms with van der Waals surface area (Å²) >= 11 is 6.04. The third-order valence-electron chi connectivity index (χ3n) is 11.5. The number of carboxylic acids is 1. The minimum atomic E-state index is -1.90. The van der Waals surface area contributed by atoms with Crippen LogP contribution in [0.2, 0.25) is 5.02 Å². The van der Waals surface area contributed by atoms with Gasteiger partial charge in [0.2, 0.25) is 23.6 Å². The number of likely N-dealkylation sites (N-methyl/N-ethyl adjacent to an activating group) is 2. The van der Waals surface area contributed by atoms with Crippen molar-refractivity contribution >= 4 is 65.2 Å². The molecule has 4 bridgehead atoms. The monoisotopic (exact) mass is 968 g/mol. The summed E-state index contributed by atoms with van der Waals surface area (Å²) in [6.07, 6.45) is -3.52. The maximum absolute atomic E-state index is 14.6. The standard InChI is InChI=1S/C47H53ClN10O11/c1-57(35(41(52)63)22-37(61)62)47(69)40(51)56-43(65)34-20-24-6-17-36(60)32(19-24)31-21-28(11-12-29(31)23-59)38(44(66)55-39(50)45(67)54-34)58(2)46(68)33(5-3-4-18-49)53-42(64)27-9-7-25(8-10-27)26-13-15-30(48)16-14-26/h6-17,19,21,23,33-35,38-40,60H,3-5,18,20,22,49-51H2,1-2H3,(H2,52,63)(H,53,64)(H,54,67)(H,55,66)(H,56,65)(H,61,62)/t33-,34-,35-,38-,39+,40+/m0/s1. The Balaban J connectivity index is 1.49. The molecule has 0 aliphatic carbocycles. The Morgan fingerprint density at radius 2 is 1.51 bits per heavy atom. The molecule has 14 N–H and O–H groups in total. The molecule has 0 spiro atoms. The van der Waals surface area contributed by atoms with Crippen LogP contribution in [0.15, 0.2) is 84.9 Å². The van der Waals surface area contributed by atoms with Crippen molar-refractivity contribution in [3.8, 4) is 28.0 Å². The molecule has 0 unspecified atom stereocenters. The minimum absolute atomic E-state index is 0.0438. The second-order valence-electron chi connectivity index (χ2n) is 16.3. The number of aromatic hydroxyl groups is 1. The first-order valence-electron chi connectivity index (χ1n) is 21.5. The summed E-state index contributed by atoms with van der Waals surface area (Å²) < 4.78 is 0. The fourth-order valence-electron chi connectivity index (χ4n) is 7.66. The molecular formula is C47H53ClN10O11. The smallest absolute Gasteiger partial charge is 0.305 e. The van der Waals surface area contributed by atoms with E-state index in [1.165, 1.54) is 43.4 Å². The van der Waals surface area contributed by atoms with Crippen molar-refractivity contribution in [3.63, 3.8) is 0 Å². The first-order valence-corrected chi connectivity index (χ1v) is 21.9. The zero-order chi connectivity index (χ0) is 50.7. The number of aliphatic carboxylic acids is 1. The molecule has 364 valence electrons. The number of benzene rings is 4. The zero-order valence-electron chi connectivity index (χ0n) is 37.5. The second kappa shape index (κ2) is 23.3. The van der Waals surface area contributed by atoms with Crippen LogP contribution in [0.4, 0.5) is 0 Å². The van der Waals surface area contributed by atoms with Crippen molar-refractivity contribution in [2.24, 2.45) is 22.9 Å². The van der Waals surface area contributed by atoms with Crippen LogP contribution in [0.3, 0.4) is 0 Å². The van der Waals surface area contributed by atoms with E-state index >= 15 is 0 Å². The van der Waals surface area contributed by atoms with Crippen molar-refractivity contribution in [2.45, 2.75) is 68.6 Å². The van der Waals surface area contributed by atoms with E-state index in [1.54, 1.807) is 36.4 Å². The number of primary amides is 1. The average Bonchev–Trinajstić information content (AvgIpc) is 3.32. The predicted octanol–water partition coefficient (Wildman–Crippen LogP) is 0.249. The largest absolute Gasteiger partial charge is 0.507 e. The van der Waals surface area contributed by atoms with Crippen LogP contribution in [-0.2, 0) is 40.0 Å². The van der Waals surface area contributed by atoms with E-state index in [-0.39, 0.29) is 52.0 Å². The molecule has 4 aromatic carbocycles. The van der Waals surface area contributed by atoms with Gasteiger partial charge in [-0.05, 0) is 96.1 Å². The van der Waals surface area contributed by atoms with Crippen molar-refractivity contribution < 1.29 is 53.4 Å². The summed E-state index contributed by atoms with van der Waals surface area (Å²) in [6, 6.07) is 16.0. The van der Waals surface area contributed by atoms with E-state index in [1.807, 2.05) is 12.1 Å². The van der Waals surface area contributed by atoms with Gasteiger partial charge < -0.3 is 64.2 Å². The Kier molecular flexibility index (Phi) is 17.7. The molecule has 22 heteroatoms. The molecule has 6 atom stereocenters. The number of carboxylic acid groups (broad SMARTS) is 1. The number of unbranched alkanes of at least 4 members (excludes halogenated alkanes) is 1. The average molecular weight is 969 g/mol. The molecule has 21 nitrogen and oxygen atoms in total. The molecule has 0 radical (unpaired) electrons. The van der Waals surface area contributed by atoms with Gasteiger partial charge in [-0.2, -0.15) is 0 Å². The SMILES string of the molecule is CN(C(=O)[C@H](CCCCN)NC(=O)c1ccc(-c2ccc(Cl)cc2)cc1)[C@@H]1C(=O)N[C@@H](N)C(=O)N[C@H](C(=O)N[C@@H](N)C(=O)N(C)[C@@H](CC(=O)O)C(N)=O)Cc2ccc(O)c(c2)-c2cc1ccc2C=O. The highest BCUT2D eigenvalue weighted by atomic mass is 35.5. The van der Waals surface area contributed by atoms with Crippen molar-refractivity contribution in [3.05, 3.63) is 112 Å². The number of halogens is 1. The summed E-state index contributed by atoms with van der Waals surface area (Å²) in [7, 11) is 2.35. The van der Waals surface area contributed by atoms with Crippen LogP contribution in [0.25, 0.3) is 22.3 Å². The lowest BCUT2D eigenvalue weighted by Crippen LogP contribution is -2.62. The van der Waals surface area contributed by atoms with Crippen molar-refractivity contribution in [2.75, 3.05) is 20.6 Å². The lowest BCUT2D eigenvalue weighted by atomic mass is 9.91. The number of phenolic OH excluding ortho intramolecular Hbond substituents is 1. The van der Waals surface area contributed by atoms with Crippen LogP contribution >= 0.6 is 11.6 Å². The first kappa shape index (κ1) is 52.3. The molecule has 1 aliphatic heterocycles. The Bertz CT molecular complexity index is 2610.